The molecule has 1 aliphatic rings. The summed E-state index contributed by atoms with van der Waals surface area (Å²) in [7, 11) is 0. The fraction of sp³-hybridized carbons (Fsp3) is 0.300. The van der Waals surface area contributed by atoms with Gasteiger partial charge in [0.05, 0.1) is 0 Å². The predicted molar refractivity (Wildman–Crippen MR) is 61.0 cm³/mol. The highest BCUT2D eigenvalue weighted by atomic mass is 32.1. The van der Waals surface area contributed by atoms with Gasteiger partial charge in [-0.25, -0.2) is 0 Å². The second-order valence-electron chi connectivity index (χ2n) is 3.05. The summed E-state index contributed by atoms with van der Waals surface area (Å²) in [6.07, 6.45) is 3.01. The molecule has 0 aromatic heterocycles. The first-order chi connectivity index (χ1) is 7.11. The maximum atomic E-state index is 11.5. The zero-order valence-electron chi connectivity index (χ0n) is 8.31. The smallest absolute Gasteiger partial charge is 0.238 e. The van der Waals surface area contributed by atoms with Gasteiger partial charge in [0.15, 0.2) is 5.11 Å². The van der Waals surface area contributed by atoms with Crippen LogP contribution in [0.25, 0.3) is 0 Å². The van der Waals surface area contributed by atoms with E-state index in [0.717, 1.165) is 0 Å². The third kappa shape index (κ3) is 2.30. The van der Waals surface area contributed by atoms with E-state index in [9.17, 15) is 9.59 Å². The normalized spacial score (nSPS) is 16.9. The topological polar surface area (TPSA) is 40.6 Å². The molecule has 80 valence electrons. The largest absolute Gasteiger partial charge is 0.284 e. The molecule has 5 heteroatoms. The summed E-state index contributed by atoms with van der Waals surface area (Å²) < 4.78 is 0. The zero-order chi connectivity index (χ0) is 11.4. The van der Waals surface area contributed by atoms with Crippen molar-refractivity contribution in [3.05, 3.63) is 25.3 Å². The highest BCUT2D eigenvalue weighted by molar-refractivity contribution is 7.80. The Morgan fingerprint density at radius 1 is 1.13 bits per heavy atom. The number of thiocarbonyl (C=S) groups is 1. The molecule has 0 spiro atoms. The Balaban J connectivity index is 2.88. The predicted octanol–water partition coefficient (Wildman–Crippen LogP) is 0.704. The van der Waals surface area contributed by atoms with Gasteiger partial charge in [0.2, 0.25) is 11.8 Å². The minimum atomic E-state index is -0.273. The Labute approximate surface area is 93.8 Å². The molecule has 0 bridgehead atoms. The second kappa shape index (κ2) is 4.84. The molecule has 0 aromatic rings. The molecule has 0 atom stereocenters. The van der Waals surface area contributed by atoms with Gasteiger partial charge in [-0.3, -0.25) is 19.4 Å². The average molecular weight is 224 g/mol. The monoisotopic (exact) mass is 224 g/mol. The maximum absolute atomic E-state index is 11.5. The number of carbonyl (C=O) groups excluding carboxylic acids is 2. The summed E-state index contributed by atoms with van der Waals surface area (Å²) in [5.41, 5.74) is 0. The van der Waals surface area contributed by atoms with E-state index in [1.54, 1.807) is 12.2 Å². The van der Waals surface area contributed by atoms with Crippen LogP contribution >= 0.6 is 12.2 Å². The maximum Gasteiger partial charge on any atom is 0.238 e. The van der Waals surface area contributed by atoms with Crippen molar-refractivity contribution in [2.24, 2.45) is 0 Å². The summed E-state index contributed by atoms with van der Waals surface area (Å²) in [6, 6.07) is 0. The first-order valence-electron chi connectivity index (χ1n) is 4.48. The first kappa shape index (κ1) is 11.6. The number of amides is 2. The van der Waals surface area contributed by atoms with Gasteiger partial charge in [0.1, 0.15) is 6.42 Å². The minimum Gasteiger partial charge on any atom is -0.284 e. The van der Waals surface area contributed by atoms with Gasteiger partial charge in [-0.2, -0.15) is 0 Å². The molecule has 1 heterocycles. The van der Waals surface area contributed by atoms with Gasteiger partial charge in [0, 0.05) is 13.1 Å². The lowest BCUT2D eigenvalue weighted by Gasteiger charge is -2.34. The fourth-order valence-corrected chi connectivity index (χ4v) is 1.65. The van der Waals surface area contributed by atoms with Crippen molar-refractivity contribution in [1.29, 1.82) is 0 Å². The van der Waals surface area contributed by atoms with E-state index in [4.69, 9.17) is 12.2 Å². The average Bonchev–Trinajstić information content (AvgIpc) is 2.19. The van der Waals surface area contributed by atoms with Crippen molar-refractivity contribution < 1.29 is 9.59 Å². The van der Waals surface area contributed by atoms with Gasteiger partial charge in [0.25, 0.3) is 0 Å². The van der Waals surface area contributed by atoms with Crippen LogP contribution < -0.4 is 0 Å². The minimum absolute atomic E-state index is 0.137. The van der Waals surface area contributed by atoms with Crippen LogP contribution in [0.1, 0.15) is 6.42 Å². The van der Waals surface area contributed by atoms with E-state index in [1.807, 2.05) is 0 Å². The number of hydrogen-bond acceptors (Lipinski definition) is 3. The molecule has 0 unspecified atom stereocenters. The molecule has 0 aromatic carbocycles. The summed E-state index contributed by atoms with van der Waals surface area (Å²) >= 11 is 5.05. The fourth-order valence-electron chi connectivity index (χ4n) is 1.30. The molecule has 1 saturated heterocycles. The van der Waals surface area contributed by atoms with Gasteiger partial charge >= 0.3 is 0 Å². The standard InChI is InChI=1S/C10H12N2O2S/c1-3-5-11-8(13)7-9(14)12(6-4-2)10(11)15/h3-4H,1-2,5-7H2. The zero-order valence-corrected chi connectivity index (χ0v) is 9.13. The van der Waals surface area contributed by atoms with E-state index < -0.39 is 0 Å². The van der Waals surface area contributed by atoms with Crippen LogP contribution in [0.3, 0.4) is 0 Å². The third-order valence-corrected chi connectivity index (χ3v) is 2.43. The molecule has 15 heavy (non-hydrogen) atoms. The van der Waals surface area contributed by atoms with Crippen LogP contribution in [0.4, 0.5) is 0 Å². The lowest BCUT2D eigenvalue weighted by molar-refractivity contribution is -0.139. The van der Waals surface area contributed by atoms with Crippen molar-refractivity contribution in [3.8, 4) is 0 Å². The van der Waals surface area contributed by atoms with Crippen LogP contribution in [-0.4, -0.2) is 39.8 Å². The number of carbonyl (C=O) groups is 2. The van der Waals surface area contributed by atoms with Crippen LogP contribution in [0.5, 0.6) is 0 Å². The lowest BCUT2D eigenvalue weighted by Crippen LogP contribution is -2.54. The van der Waals surface area contributed by atoms with Crippen LogP contribution in [0.2, 0.25) is 0 Å². The van der Waals surface area contributed by atoms with Gasteiger partial charge < -0.3 is 0 Å². The Morgan fingerprint density at radius 3 is 1.87 bits per heavy atom. The second-order valence-corrected chi connectivity index (χ2v) is 3.41. The van der Waals surface area contributed by atoms with Crippen LogP contribution in [-0.2, 0) is 9.59 Å². The Morgan fingerprint density at radius 2 is 1.53 bits per heavy atom. The molecule has 1 fully saturated rings. The molecule has 2 amide bonds. The molecule has 4 nitrogen and oxygen atoms in total. The Hall–Kier alpha value is -1.49. The number of rotatable bonds is 4. The number of hydrogen-bond donors (Lipinski definition) is 0. The van der Waals surface area contributed by atoms with Crippen molar-refractivity contribution >= 4 is 29.1 Å². The van der Waals surface area contributed by atoms with E-state index in [0.29, 0.717) is 13.1 Å². The quantitative estimate of drug-likeness (QED) is 0.401. The Kier molecular flexibility index (Phi) is 3.74. The Bertz CT molecular complexity index is 308. The summed E-state index contributed by atoms with van der Waals surface area (Å²) in [4.78, 5) is 25.7. The molecule has 0 saturated carbocycles. The van der Waals surface area contributed by atoms with Crippen LogP contribution in [0.15, 0.2) is 25.3 Å². The van der Waals surface area contributed by atoms with E-state index in [-0.39, 0.29) is 23.3 Å². The lowest BCUT2D eigenvalue weighted by atomic mass is 10.2. The van der Waals surface area contributed by atoms with Crippen molar-refractivity contribution in [3.63, 3.8) is 0 Å². The van der Waals surface area contributed by atoms with E-state index >= 15 is 0 Å². The summed E-state index contributed by atoms with van der Waals surface area (Å²) in [6.45, 7) is 7.74. The number of nitrogens with zero attached hydrogens (tertiary/aromatic N) is 2. The molecular weight excluding hydrogens is 212 g/mol. The highest BCUT2D eigenvalue weighted by Gasteiger charge is 2.33. The highest BCUT2D eigenvalue weighted by Crippen LogP contribution is 2.12. The molecule has 1 aliphatic heterocycles. The van der Waals surface area contributed by atoms with Crippen molar-refractivity contribution in [2.75, 3.05) is 13.1 Å². The van der Waals surface area contributed by atoms with Gasteiger partial charge in [-0.1, -0.05) is 12.2 Å². The molecule has 0 aliphatic carbocycles. The van der Waals surface area contributed by atoms with Crippen LogP contribution in [0, 0.1) is 0 Å². The van der Waals surface area contributed by atoms with E-state index in [2.05, 4.69) is 13.2 Å². The third-order valence-electron chi connectivity index (χ3n) is 1.99. The SMILES string of the molecule is C=CCN1C(=O)CC(=O)N(CC=C)C1=S. The van der Waals surface area contributed by atoms with E-state index in [1.165, 1.54) is 9.80 Å². The van der Waals surface area contributed by atoms with Gasteiger partial charge in [-0.15, -0.1) is 13.2 Å². The van der Waals surface area contributed by atoms with Crippen molar-refractivity contribution in [2.45, 2.75) is 6.42 Å². The van der Waals surface area contributed by atoms with Crippen molar-refractivity contribution in [1.82, 2.24) is 9.80 Å². The summed E-state index contributed by atoms with van der Waals surface area (Å²) in [5.74, 6) is -0.546. The first-order valence-corrected chi connectivity index (χ1v) is 4.89. The molecule has 1 rings (SSSR count). The molecular formula is C10H12N2O2S. The molecule has 0 radical (unpaired) electrons. The van der Waals surface area contributed by atoms with Gasteiger partial charge in [-0.05, 0) is 12.2 Å². The summed E-state index contributed by atoms with van der Waals surface area (Å²) in [5, 5.41) is 0.232. The molecule has 0 N–H and O–H groups in total.